The van der Waals surface area contributed by atoms with E-state index in [1.165, 1.54) is 10.4 Å². The number of hydrogen-bond acceptors (Lipinski definition) is 3. The highest BCUT2D eigenvalue weighted by atomic mass is 28.4. The summed E-state index contributed by atoms with van der Waals surface area (Å²) >= 11 is 0. The maximum absolute atomic E-state index is 10.5. The summed E-state index contributed by atoms with van der Waals surface area (Å²) in [6.45, 7) is 11.4. The first-order valence-electron chi connectivity index (χ1n) is 9.57. The van der Waals surface area contributed by atoms with Crippen LogP contribution in [0.4, 0.5) is 0 Å². The lowest BCUT2D eigenvalue weighted by atomic mass is 10.0. The molecule has 0 unspecified atom stereocenters. The standard InChI is InChI=1S/C23H30O3Si/c1-5-18-16-25-21(22(18)24)17-26-27(23(2,3)4,19-12-8-6-9-13-19)20-14-10-7-11-15-20/h5-15,18,21-22,24H,1,16-17H2,2-4H3/t18-,21-,22+/m0/s1. The van der Waals surface area contributed by atoms with Crippen molar-refractivity contribution < 1.29 is 14.3 Å². The number of hydrogen-bond donors (Lipinski definition) is 1. The van der Waals surface area contributed by atoms with Gasteiger partial charge in [0.25, 0.3) is 8.32 Å². The van der Waals surface area contributed by atoms with Crippen LogP contribution in [0, 0.1) is 5.92 Å². The van der Waals surface area contributed by atoms with Gasteiger partial charge in [-0.2, -0.15) is 0 Å². The number of benzene rings is 2. The predicted octanol–water partition coefficient (Wildman–Crippen LogP) is 3.12. The average molecular weight is 383 g/mol. The van der Waals surface area contributed by atoms with Crippen LogP contribution >= 0.6 is 0 Å². The number of aliphatic hydroxyl groups is 1. The summed E-state index contributed by atoms with van der Waals surface area (Å²) in [7, 11) is -2.60. The Bertz CT molecular complexity index is 700. The molecule has 4 heteroatoms. The molecule has 144 valence electrons. The van der Waals surface area contributed by atoms with Crippen molar-refractivity contribution in [2.75, 3.05) is 13.2 Å². The van der Waals surface area contributed by atoms with E-state index in [0.717, 1.165) is 0 Å². The third kappa shape index (κ3) is 3.80. The van der Waals surface area contributed by atoms with Gasteiger partial charge in [-0.1, -0.05) is 87.5 Å². The largest absolute Gasteiger partial charge is 0.405 e. The smallest absolute Gasteiger partial charge is 0.261 e. The van der Waals surface area contributed by atoms with Crippen molar-refractivity contribution in [3.63, 3.8) is 0 Å². The Morgan fingerprint density at radius 2 is 1.59 bits per heavy atom. The first-order valence-corrected chi connectivity index (χ1v) is 11.5. The highest BCUT2D eigenvalue weighted by Crippen LogP contribution is 2.37. The van der Waals surface area contributed by atoms with Crippen molar-refractivity contribution in [1.82, 2.24) is 0 Å². The van der Waals surface area contributed by atoms with Crippen LogP contribution in [-0.2, 0) is 9.16 Å². The van der Waals surface area contributed by atoms with Gasteiger partial charge in [-0.05, 0) is 15.4 Å². The predicted molar refractivity (Wildman–Crippen MR) is 113 cm³/mol. The molecule has 0 saturated carbocycles. The van der Waals surface area contributed by atoms with Crippen molar-refractivity contribution in [1.29, 1.82) is 0 Å². The summed E-state index contributed by atoms with van der Waals surface area (Å²) in [5.41, 5.74) is 0. The third-order valence-corrected chi connectivity index (χ3v) is 10.5. The van der Waals surface area contributed by atoms with E-state index >= 15 is 0 Å². The minimum Gasteiger partial charge on any atom is -0.405 e. The van der Waals surface area contributed by atoms with E-state index in [0.29, 0.717) is 13.2 Å². The van der Waals surface area contributed by atoms with E-state index in [4.69, 9.17) is 9.16 Å². The van der Waals surface area contributed by atoms with Crippen LogP contribution < -0.4 is 10.4 Å². The maximum atomic E-state index is 10.5. The van der Waals surface area contributed by atoms with Crippen LogP contribution in [0.5, 0.6) is 0 Å². The summed E-state index contributed by atoms with van der Waals surface area (Å²) in [5, 5.41) is 12.9. The van der Waals surface area contributed by atoms with Gasteiger partial charge in [0.05, 0.1) is 19.3 Å². The summed E-state index contributed by atoms with van der Waals surface area (Å²) in [4.78, 5) is 0. The van der Waals surface area contributed by atoms with Gasteiger partial charge in [0, 0.05) is 5.92 Å². The van der Waals surface area contributed by atoms with Crippen LogP contribution in [0.25, 0.3) is 0 Å². The Hall–Kier alpha value is -1.72. The molecule has 2 aromatic carbocycles. The Morgan fingerprint density at radius 3 is 2.00 bits per heavy atom. The molecule has 1 aliphatic rings. The molecule has 2 aromatic rings. The SMILES string of the molecule is C=C[C@H]1CO[C@@H](CO[Si](c2ccccc2)(c2ccccc2)C(C)(C)C)[C@@H]1O. The van der Waals surface area contributed by atoms with Crippen molar-refractivity contribution in [3.8, 4) is 0 Å². The van der Waals surface area contributed by atoms with Crippen LogP contribution in [0.2, 0.25) is 5.04 Å². The van der Waals surface area contributed by atoms with Crippen LogP contribution in [0.1, 0.15) is 20.8 Å². The number of rotatable bonds is 6. The molecule has 3 nitrogen and oxygen atoms in total. The van der Waals surface area contributed by atoms with Gasteiger partial charge in [-0.3, -0.25) is 0 Å². The zero-order chi connectivity index (χ0) is 19.5. The van der Waals surface area contributed by atoms with Gasteiger partial charge in [-0.25, -0.2) is 0 Å². The van der Waals surface area contributed by atoms with Crippen LogP contribution in [0.3, 0.4) is 0 Å². The molecule has 1 aliphatic heterocycles. The van der Waals surface area contributed by atoms with E-state index in [-0.39, 0.29) is 17.1 Å². The van der Waals surface area contributed by atoms with Gasteiger partial charge in [0.2, 0.25) is 0 Å². The molecular weight excluding hydrogens is 352 g/mol. The van der Waals surface area contributed by atoms with E-state index in [1.807, 2.05) is 12.1 Å². The highest BCUT2D eigenvalue weighted by Gasteiger charge is 2.51. The Morgan fingerprint density at radius 1 is 1.07 bits per heavy atom. The van der Waals surface area contributed by atoms with Gasteiger partial charge in [-0.15, -0.1) is 6.58 Å². The summed E-state index contributed by atoms with van der Waals surface area (Å²) in [6, 6.07) is 21.0. The lowest BCUT2D eigenvalue weighted by Crippen LogP contribution is -2.67. The molecule has 3 atom stereocenters. The Balaban J connectivity index is 2.01. The second-order valence-electron chi connectivity index (χ2n) is 8.24. The fourth-order valence-corrected chi connectivity index (χ4v) is 8.60. The summed E-state index contributed by atoms with van der Waals surface area (Å²) in [5.74, 6) is -0.0299. The van der Waals surface area contributed by atoms with Crippen LogP contribution in [-0.4, -0.2) is 38.8 Å². The second-order valence-corrected chi connectivity index (χ2v) is 12.5. The lowest BCUT2D eigenvalue weighted by molar-refractivity contribution is 0.00703. The van der Waals surface area contributed by atoms with Gasteiger partial charge in [0.15, 0.2) is 0 Å². The van der Waals surface area contributed by atoms with Crippen molar-refractivity contribution in [2.45, 2.75) is 38.0 Å². The third-order valence-electron chi connectivity index (χ3n) is 5.51. The molecule has 0 aliphatic carbocycles. The molecule has 1 N–H and O–H groups in total. The molecule has 3 rings (SSSR count). The molecule has 27 heavy (non-hydrogen) atoms. The minimum atomic E-state index is -2.60. The molecule has 0 bridgehead atoms. The topological polar surface area (TPSA) is 38.7 Å². The molecule has 1 saturated heterocycles. The van der Waals surface area contributed by atoms with Crippen molar-refractivity contribution in [3.05, 3.63) is 73.3 Å². The van der Waals surface area contributed by atoms with E-state index in [1.54, 1.807) is 6.08 Å². The number of aliphatic hydroxyl groups excluding tert-OH is 1. The van der Waals surface area contributed by atoms with E-state index < -0.39 is 14.4 Å². The first-order chi connectivity index (χ1) is 12.9. The average Bonchev–Trinajstić information content (AvgIpc) is 3.03. The zero-order valence-corrected chi connectivity index (χ0v) is 17.5. The molecule has 0 spiro atoms. The van der Waals surface area contributed by atoms with Gasteiger partial charge >= 0.3 is 0 Å². The molecule has 1 heterocycles. The number of ether oxygens (including phenoxy) is 1. The first kappa shape index (κ1) is 20.0. The Labute approximate surface area is 163 Å². The summed E-state index contributed by atoms with van der Waals surface area (Å²) < 4.78 is 12.7. The lowest BCUT2D eigenvalue weighted by Gasteiger charge is -2.43. The normalized spacial score (nSPS) is 23.3. The van der Waals surface area contributed by atoms with E-state index in [2.05, 4.69) is 75.9 Å². The highest BCUT2D eigenvalue weighted by molar-refractivity contribution is 6.99. The molecular formula is C23H30O3Si. The van der Waals surface area contributed by atoms with Gasteiger partial charge < -0.3 is 14.3 Å². The maximum Gasteiger partial charge on any atom is 0.261 e. The monoisotopic (exact) mass is 382 g/mol. The van der Waals surface area contributed by atoms with Crippen molar-refractivity contribution >= 4 is 18.7 Å². The molecule has 0 amide bonds. The molecule has 0 aromatic heterocycles. The van der Waals surface area contributed by atoms with Crippen molar-refractivity contribution in [2.24, 2.45) is 5.92 Å². The summed E-state index contributed by atoms with van der Waals surface area (Å²) in [6.07, 6.45) is 0.878. The van der Waals surface area contributed by atoms with E-state index in [9.17, 15) is 5.11 Å². The molecule has 0 radical (unpaired) electrons. The fourth-order valence-electron chi connectivity index (χ4n) is 4.03. The Kier molecular flexibility index (Phi) is 6.01. The second kappa shape index (κ2) is 8.11. The minimum absolute atomic E-state index is 0.0299. The zero-order valence-electron chi connectivity index (χ0n) is 16.5. The fraction of sp³-hybridized carbons (Fsp3) is 0.391. The quantitative estimate of drug-likeness (QED) is 0.616. The molecule has 1 fully saturated rings. The van der Waals surface area contributed by atoms with Crippen LogP contribution in [0.15, 0.2) is 73.3 Å². The van der Waals surface area contributed by atoms with Gasteiger partial charge in [0.1, 0.15) is 6.10 Å².